The maximum Gasteiger partial charge on any atom is 0.136 e. The summed E-state index contributed by atoms with van der Waals surface area (Å²) >= 11 is 7.12. The van der Waals surface area contributed by atoms with E-state index in [0.29, 0.717) is 18.2 Å². The average molecular weight is 364 g/mol. The van der Waals surface area contributed by atoms with E-state index in [2.05, 4.69) is 62.3 Å². The van der Waals surface area contributed by atoms with Crippen molar-refractivity contribution in [2.45, 2.75) is 53.6 Å². The molecule has 0 aromatic rings. The van der Waals surface area contributed by atoms with Crippen LogP contribution in [0.3, 0.4) is 0 Å². The van der Waals surface area contributed by atoms with Gasteiger partial charge < -0.3 is 9.64 Å². The zero-order valence-electron chi connectivity index (χ0n) is 15.1. The molecule has 0 N–H and O–H groups in total. The first-order valence-corrected chi connectivity index (χ1v) is 10.2. The summed E-state index contributed by atoms with van der Waals surface area (Å²) in [6.45, 7) is 20.0. The van der Waals surface area contributed by atoms with Crippen LogP contribution in [-0.4, -0.2) is 40.3 Å². The number of hydrogen-bond acceptors (Lipinski definition) is 3. The van der Waals surface area contributed by atoms with Crippen LogP contribution >= 0.6 is 33.2 Å². The van der Waals surface area contributed by atoms with Gasteiger partial charge in [0.15, 0.2) is 0 Å². The van der Waals surface area contributed by atoms with Gasteiger partial charge in [-0.05, 0) is 31.3 Å². The highest BCUT2D eigenvalue weighted by molar-refractivity contribution is 8.22. The molecule has 3 unspecified atom stereocenters. The Balaban J connectivity index is 4.23. The molecule has 0 aliphatic heterocycles. The lowest BCUT2D eigenvalue weighted by Crippen LogP contribution is -2.27. The van der Waals surface area contributed by atoms with E-state index in [1.807, 2.05) is 0 Å². The fourth-order valence-electron chi connectivity index (χ4n) is 2.23. The standard InChI is InChI=1S/C17H34NOPS2/c1-8-18(9-2)16(21)22-11-10-19-13(3)15(14(4)20)12-17(5,6)7/h14-15H,3,8-12,20H2,1-2,4-7H3. The summed E-state index contributed by atoms with van der Waals surface area (Å²) in [5, 5.41) is 0. The highest BCUT2D eigenvalue weighted by Crippen LogP contribution is 2.33. The van der Waals surface area contributed by atoms with Crippen LogP contribution < -0.4 is 0 Å². The Kier molecular flexibility index (Phi) is 11.0. The molecule has 22 heavy (non-hydrogen) atoms. The van der Waals surface area contributed by atoms with Crippen molar-refractivity contribution in [2.24, 2.45) is 11.3 Å². The molecule has 0 aromatic heterocycles. The molecule has 0 bridgehead atoms. The first-order chi connectivity index (χ1) is 10.1. The molecule has 0 radical (unpaired) electrons. The molecule has 0 saturated carbocycles. The van der Waals surface area contributed by atoms with Crippen molar-refractivity contribution in [3.63, 3.8) is 0 Å². The molecular weight excluding hydrogens is 329 g/mol. The van der Waals surface area contributed by atoms with E-state index in [1.165, 1.54) is 0 Å². The van der Waals surface area contributed by atoms with E-state index in [-0.39, 0.29) is 5.41 Å². The van der Waals surface area contributed by atoms with Crippen molar-refractivity contribution in [2.75, 3.05) is 25.4 Å². The molecule has 2 nitrogen and oxygen atoms in total. The maximum atomic E-state index is 5.90. The van der Waals surface area contributed by atoms with Crippen LogP contribution in [0.15, 0.2) is 12.3 Å². The summed E-state index contributed by atoms with van der Waals surface area (Å²) in [4.78, 5) is 2.20. The van der Waals surface area contributed by atoms with Crippen LogP contribution in [0.4, 0.5) is 0 Å². The summed E-state index contributed by atoms with van der Waals surface area (Å²) in [5.74, 6) is 2.17. The van der Waals surface area contributed by atoms with Crippen LogP contribution in [0.5, 0.6) is 0 Å². The second-order valence-corrected chi connectivity index (χ2v) is 9.61. The van der Waals surface area contributed by atoms with Crippen molar-refractivity contribution in [3.8, 4) is 0 Å². The summed E-state index contributed by atoms with van der Waals surface area (Å²) < 4.78 is 6.86. The summed E-state index contributed by atoms with van der Waals surface area (Å²) in [5.41, 5.74) is 0.747. The van der Waals surface area contributed by atoms with Crippen LogP contribution in [0.2, 0.25) is 0 Å². The van der Waals surface area contributed by atoms with Gasteiger partial charge in [0.05, 0.1) is 12.4 Å². The number of allylic oxidation sites excluding steroid dienone is 1. The smallest absolute Gasteiger partial charge is 0.136 e. The largest absolute Gasteiger partial charge is 0.497 e. The highest BCUT2D eigenvalue weighted by Gasteiger charge is 2.25. The molecule has 0 saturated heterocycles. The van der Waals surface area contributed by atoms with Gasteiger partial charge in [0.25, 0.3) is 0 Å². The lowest BCUT2D eigenvalue weighted by Gasteiger charge is -2.30. The number of ether oxygens (including phenoxy) is 1. The Morgan fingerprint density at radius 1 is 1.32 bits per heavy atom. The molecule has 3 atom stereocenters. The Hall–Kier alpha value is 0.210. The third-order valence-electron chi connectivity index (χ3n) is 3.50. The van der Waals surface area contributed by atoms with Gasteiger partial charge in [-0.15, -0.1) is 9.24 Å². The van der Waals surface area contributed by atoms with Gasteiger partial charge in [-0.25, -0.2) is 0 Å². The molecule has 0 aliphatic rings. The molecule has 0 aliphatic carbocycles. The monoisotopic (exact) mass is 363 g/mol. The van der Waals surface area contributed by atoms with Gasteiger partial charge in [0, 0.05) is 24.8 Å². The summed E-state index contributed by atoms with van der Waals surface area (Å²) in [7, 11) is 2.89. The number of nitrogens with zero attached hydrogens (tertiary/aromatic N) is 1. The van der Waals surface area contributed by atoms with Crippen LogP contribution in [0.1, 0.15) is 48.0 Å². The van der Waals surface area contributed by atoms with Crippen molar-refractivity contribution in [1.82, 2.24) is 4.90 Å². The summed E-state index contributed by atoms with van der Waals surface area (Å²) in [6, 6.07) is 0. The minimum Gasteiger partial charge on any atom is -0.497 e. The Labute approximate surface area is 150 Å². The molecule has 130 valence electrons. The fourth-order valence-corrected chi connectivity index (χ4v) is 3.88. The highest BCUT2D eigenvalue weighted by atomic mass is 32.2. The van der Waals surface area contributed by atoms with Gasteiger partial charge in [-0.2, -0.15) is 0 Å². The van der Waals surface area contributed by atoms with Crippen molar-refractivity contribution < 1.29 is 4.74 Å². The molecule has 5 heteroatoms. The molecule has 0 aromatic carbocycles. The van der Waals surface area contributed by atoms with Crippen molar-refractivity contribution in [3.05, 3.63) is 12.3 Å². The van der Waals surface area contributed by atoms with Gasteiger partial charge in [0.1, 0.15) is 4.32 Å². The fraction of sp³-hybridized carbons (Fsp3) is 0.824. The third-order valence-corrected chi connectivity index (χ3v) is 5.45. The van der Waals surface area contributed by atoms with Crippen LogP contribution in [0, 0.1) is 11.3 Å². The zero-order valence-corrected chi connectivity index (χ0v) is 17.9. The van der Waals surface area contributed by atoms with E-state index in [0.717, 1.165) is 35.3 Å². The van der Waals surface area contributed by atoms with E-state index >= 15 is 0 Å². The molecule has 0 spiro atoms. The Morgan fingerprint density at radius 3 is 2.27 bits per heavy atom. The summed E-state index contributed by atoms with van der Waals surface area (Å²) in [6.07, 6.45) is 1.08. The number of thioether (sulfide) groups is 1. The first-order valence-electron chi connectivity index (χ1n) is 8.11. The van der Waals surface area contributed by atoms with E-state index in [1.54, 1.807) is 11.8 Å². The lowest BCUT2D eigenvalue weighted by atomic mass is 9.82. The van der Waals surface area contributed by atoms with Gasteiger partial charge in [0.2, 0.25) is 0 Å². The topological polar surface area (TPSA) is 12.5 Å². The number of hydrogen-bond donors (Lipinski definition) is 0. The Bertz CT molecular complexity index is 349. The normalized spacial score (nSPS) is 14.3. The second kappa shape index (κ2) is 10.9. The molecular formula is C17H34NOPS2. The van der Waals surface area contributed by atoms with Crippen molar-refractivity contribution in [1.29, 1.82) is 0 Å². The van der Waals surface area contributed by atoms with Crippen LogP contribution in [0.25, 0.3) is 0 Å². The Morgan fingerprint density at radius 2 is 1.86 bits per heavy atom. The first kappa shape index (κ1) is 22.2. The van der Waals surface area contributed by atoms with Crippen molar-refractivity contribution >= 4 is 37.5 Å². The third kappa shape index (κ3) is 9.37. The predicted octanol–water partition coefficient (Wildman–Crippen LogP) is 5.19. The SMILES string of the molecule is C=C(OCCSC(=S)N(CC)CC)C(CC(C)(C)C)C(C)P. The number of thiocarbonyl (C=S) groups is 1. The quantitative estimate of drug-likeness (QED) is 0.242. The van der Waals surface area contributed by atoms with E-state index in [4.69, 9.17) is 17.0 Å². The minimum absolute atomic E-state index is 0.279. The van der Waals surface area contributed by atoms with Gasteiger partial charge >= 0.3 is 0 Å². The maximum absolute atomic E-state index is 5.90. The molecule has 0 amide bonds. The zero-order chi connectivity index (χ0) is 17.3. The second-order valence-electron chi connectivity index (χ2n) is 6.83. The van der Waals surface area contributed by atoms with E-state index in [9.17, 15) is 0 Å². The molecule has 0 heterocycles. The van der Waals surface area contributed by atoms with Crippen LogP contribution in [-0.2, 0) is 4.74 Å². The lowest BCUT2D eigenvalue weighted by molar-refractivity contribution is 0.170. The van der Waals surface area contributed by atoms with Gasteiger partial charge in [-0.1, -0.05) is 58.3 Å². The molecule has 0 fully saturated rings. The number of rotatable bonds is 9. The minimum atomic E-state index is 0.279. The molecule has 0 rings (SSSR count). The van der Waals surface area contributed by atoms with Gasteiger partial charge in [-0.3, -0.25) is 0 Å². The predicted molar refractivity (Wildman–Crippen MR) is 110 cm³/mol. The average Bonchev–Trinajstić information content (AvgIpc) is 2.40. The van der Waals surface area contributed by atoms with E-state index < -0.39 is 0 Å².